The van der Waals surface area contributed by atoms with E-state index in [1.165, 1.54) is 44.5 Å². The molecule has 1 aliphatic rings. The van der Waals surface area contributed by atoms with Crippen LogP contribution in [0.25, 0.3) is 0 Å². The molecule has 1 heterocycles. The van der Waals surface area contributed by atoms with Gasteiger partial charge in [0.1, 0.15) is 5.75 Å². The van der Waals surface area contributed by atoms with Crippen LogP contribution >= 0.6 is 11.6 Å². The molecule has 1 aromatic carbocycles. The lowest BCUT2D eigenvalue weighted by atomic mass is 9.86. The maximum absolute atomic E-state index is 9.10. The minimum Gasteiger partial charge on any atom is -0.493 e. The molecule has 6 nitrogen and oxygen atoms in total. The van der Waals surface area contributed by atoms with Crippen molar-refractivity contribution in [3.63, 3.8) is 0 Å². The number of carbonyl (C=O) groups is 2. The predicted molar refractivity (Wildman–Crippen MR) is 106 cm³/mol. The van der Waals surface area contributed by atoms with E-state index < -0.39 is 11.9 Å². The van der Waals surface area contributed by atoms with Crippen LogP contribution in [-0.2, 0) is 15.0 Å². The lowest BCUT2D eigenvalue weighted by Gasteiger charge is -2.23. The normalized spacial score (nSPS) is 14.4. The van der Waals surface area contributed by atoms with E-state index in [9.17, 15) is 0 Å². The first-order chi connectivity index (χ1) is 12.6. The Morgan fingerprint density at radius 2 is 1.70 bits per heavy atom. The molecule has 0 amide bonds. The van der Waals surface area contributed by atoms with Gasteiger partial charge in [-0.3, -0.25) is 0 Å². The summed E-state index contributed by atoms with van der Waals surface area (Å²) >= 11 is 6.12. The third-order valence-electron chi connectivity index (χ3n) is 4.26. The highest BCUT2D eigenvalue weighted by molar-refractivity contribution is 6.30. The highest BCUT2D eigenvalue weighted by Crippen LogP contribution is 2.33. The summed E-state index contributed by atoms with van der Waals surface area (Å²) in [5, 5.41) is 15.6. The number of hydrogen-bond donors (Lipinski definition) is 2. The summed E-state index contributed by atoms with van der Waals surface area (Å²) in [5.41, 5.74) is 1.24. The minimum atomic E-state index is -1.82. The van der Waals surface area contributed by atoms with Gasteiger partial charge in [0.05, 0.1) is 6.61 Å². The molecular weight excluding hydrogens is 370 g/mol. The molecule has 0 aromatic heterocycles. The molecule has 0 spiro atoms. The van der Waals surface area contributed by atoms with Crippen LogP contribution in [0.1, 0.15) is 52.0 Å². The van der Waals surface area contributed by atoms with Crippen molar-refractivity contribution in [2.75, 3.05) is 26.2 Å². The number of aliphatic carboxylic acids is 2. The minimum absolute atomic E-state index is 0.0514. The Balaban J connectivity index is 0.000000527. The zero-order chi connectivity index (χ0) is 20.4. The summed E-state index contributed by atoms with van der Waals surface area (Å²) in [5.74, 6) is -2.67. The van der Waals surface area contributed by atoms with Gasteiger partial charge in [-0.15, -0.1) is 0 Å². The first kappa shape index (κ1) is 23.2. The number of hydrogen-bond acceptors (Lipinski definition) is 4. The lowest BCUT2D eigenvalue weighted by Crippen LogP contribution is -2.20. The van der Waals surface area contributed by atoms with E-state index in [1.807, 2.05) is 18.2 Å². The van der Waals surface area contributed by atoms with E-state index in [4.69, 9.17) is 36.1 Å². The van der Waals surface area contributed by atoms with Crippen LogP contribution in [0.4, 0.5) is 0 Å². The van der Waals surface area contributed by atoms with E-state index in [0.29, 0.717) is 0 Å². The van der Waals surface area contributed by atoms with Gasteiger partial charge in [-0.1, -0.05) is 32.4 Å². The Labute approximate surface area is 166 Å². The Bertz CT molecular complexity index is 609. The number of benzene rings is 1. The van der Waals surface area contributed by atoms with Gasteiger partial charge < -0.3 is 19.8 Å². The molecule has 0 radical (unpaired) electrons. The van der Waals surface area contributed by atoms with Crippen LogP contribution in [0.5, 0.6) is 5.75 Å². The zero-order valence-corrected chi connectivity index (χ0v) is 17.1. The van der Waals surface area contributed by atoms with Gasteiger partial charge in [0.15, 0.2) is 0 Å². The molecule has 1 fully saturated rings. The average Bonchev–Trinajstić information content (AvgIpc) is 3.08. The molecule has 1 aliphatic heterocycles. The SMILES string of the molecule is CC(C)(C)c1cc(Cl)ccc1OCCCCN1CCCC1.O=C(O)C(=O)O. The van der Waals surface area contributed by atoms with Crippen LogP contribution in [0.2, 0.25) is 5.02 Å². The monoisotopic (exact) mass is 399 g/mol. The topological polar surface area (TPSA) is 87.1 Å². The Kier molecular flexibility index (Phi) is 9.60. The van der Waals surface area contributed by atoms with Gasteiger partial charge in [0.2, 0.25) is 0 Å². The number of nitrogens with zero attached hydrogens (tertiary/aromatic N) is 1. The van der Waals surface area contributed by atoms with Gasteiger partial charge in [0, 0.05) is 10.6 Å². The first-order valence-corrected chi connectivity index (χ1v) is 9.60. The van der Waals surface area contributed by atoms with Crippen LogP contribution in [0.15, 0.2) is 18.2 Å². The number of unbranched alkanes of at least 4 members (excludes halogenated alkanes) is 1. The number of carboxylic acids is 2. The van der Waals surface area contributed by atoms with Crippen molar-refractivity contribution < 1.29 is 24.5 Å². The molecular formula is C20H30ClNO5. The largest absolute Gasteiger partial charge is 0.493 e. The van der Waals surface area contributed by atoms with Crippen LogP contribution in [0.3, 0.4) is 0 Å². The number of halogens is 1. The summed E-state index contributed by atoms with van der Waals surface area (Å²) in [6.07, 6.45) is 5.08. The number of rotatable bonds is 6. The quantitative estimate of drug-likeness (QED) is 0.554. The highest BCUT2D eigenvalue weighted by atomic mass is 35.5. The molecule has 1 saturated heterocycles. The third kappa shape index (κ3) is 9.11. The van der Waals surface area contributed by atoms with Gasteiger partial charge >= 0.3 is 11.9 Å². The molecule has 27 heavy (non-hydrogen) atoms. The summed E-state index contributed by atoms with van der Waals surface area (Å²) < 4.78 is 6.01. The number of likely N-dealkylation sites (tertiary alicyclic amines) is 1. The van der Waals surface area contributed by atoms with Crippen molar-refractivity contribution in [2.24, 2.45) is 0 Å². The van der Waals surface area contributed by atoms with Crippen LogP contribution in [-0.4, -0.2) is 53.3 Å². The fraction of sp³-hybridized carbons (Fsp3) is 0.600. The van der Waals surface area contributed by atoms with E-state index in [1.54, 1.807) is 0 Å². The lowest BCUT2D eigenvalue weighted by molar-refractivity contribution is -0.159. The summed E-state index contributed by atoms with van der Waals surface area (Å²) in [6.45, 7) is 11.2. The van der Waals surface area contributed by atoms with Crippen molar-refractivity contribution >= 4 is 23.5 Å². The van der Waals surface area contributed by atoms with E-state index in [-0.39, 0.29) is 5.41 Å². The van der Waals surface area contributed by atoms with Crippen LogP contribution < -0.4 is 4.74 Å². The van der Waals surface area contributed by atoms with Gasteiger partial charge in [0.25, 0.3) is 0 Å². The highest BCUT2D eigenvalue weighted by Gasteiger charge is 2.19. The first-order valence-electron chi connectivity index (χ1n) is 9.22. The molecule has 152 valence electrons. The zero-order valence-electron chi connectivity index (χ0n) is 16.3. The van der Waals surface area contributed by atoms with Crippen molar-refractivity contribution in [3.8, 4) is 5.75 Å². The fourth-order valence-corrected chi connectivity index (χ4v) is 3.01. The molecule has 1 aromatic rings. The van der Waals surface area contributed by atoms with Gasteiger partial charge in [-0.2, -0.15) is 0 Å². The van der Waals surface area contributed by atoms with Gasteiger partial charge in [-0.05, 0) is 68.9 Å². The fourth-order valence-electron chi connectivity index (χ4n) is 2.84. The molecule has 0 saturated carbocycles. The summed E-state index contributed by atoms with van der Waals surface area (Å²) in [7, 11) is 0. The second kappa shape index (κ2) is 11.1. The summed E-state index contributed by atoms with van der Waals surface area (Å²) in [6, 6.07) is 5.95. The van der Waals surface area contributed by atoms with Crippen LogP contribution in [0, 0.1) is 0 Å². The van der Waals surface area contributed by atoms with Gasteiger partial charge in [-0.25, -0.2) is 9.59 Å². The van der Waals surface area contributed by atoms with E-state index in [2.05, 4.69) is 25.7 Å². The molecule has 0 unspecified atom stereocenters. The number of carboxylic acid groups (broad SMARTS) is 2. The van der Waals surface area contributed by atoms with Crippen molar-refractivity contribution in [2.45, 2.75) is 51.9 Å². The number of ether oxygens (including phenoxy) is 1. The second-order valence-corrected chi connectivity index (χ2v) is 8.04. The van der Waals surface area contributed by atoms with E-state index in [0.717, 1.165) is 23.8 Å². The Morgan fingerprint density at radius 3 is 2.22 bits per heavy atom. The second-order valence-electron chi connectivity index (χ2n) is 7.61. The molecule has 0 atom stereocenters. The maximum Gasteiger partial charge on any atom is 0.414 e. The Hall–Kier alpha value is -1.79. The molecule has 2 N–H and O–H groups in total. The maximum atomic E-state index is 9.10. The third-order valence-corrected chi connectivity index (χ3v) is 4.49. The smallest absolute Gasteiger partial charge is 0.414 e. The van der Waals surface area contributed by atoms with E-state index >= 15 is 0 Å². The van der Waals surface area contributed by atoms with Crippen molar-refractivity contribution in [1.29, 1.82) is 0 Å². The average molecular weight is 400 g/mol. The van der Waals surface area contributed by atoms with Crippen molar-refractivity contribution in [3.05, 3.63) is 28.8 Å². The molecule has 0 bridgehead atoms. The summed E-state index contributed by atoms with van der Waals surface area (Å²) in [4.78, 5) is 20.8. The predicted octanol–water partition coefficient (Wildman–Crippen LogP) is 4.05. The van der Waals surface area contributed by atoms with Crippen molar-refractivity contribution in [1.82, 2.24) is 4.90 Å². The molecule has 2 rings (SSSR count). The molecule has 0 aliphatic carbocycles. The molecule has 7 heteroatoms. The standard InChI is InChI=1S/C18H28ClNO.C2H2O4/c1-18(2,3)16-14-15(19)8-9-17(16)21-13-7-6-12-20-10-4-5-11-20;3-1(4)2(5)6/h8-9,14H,4-7,10-13H2,1-3H3;(H,3,4)(H,5,6). The Morgan fingerprint density at radius 1 is 1.11 bits per heavy atom.